The molecule has 0 aliphatic carbocycles. The fourth-order valence-electron chi connectivity index (χ4n) is 2.19. The number of benzene rings is 2. The van der Waals surface area contributed by atoms with Crippen LogP contribution in [0.5, 0.6) is 5.75 Å². The summed E-state index contributed by atoms with van der Waals surface area (Å²) in [5.74, 6) is 1.14. The van der Waals surface area contributed by atoms with Crippen molar-refractivity contribution in [1.82, 2.24) is 4.98 Å². The summed E-state index contributed by atoms with van der Waals surface area (Å²) in [6.45, 7) is 0.465. The number of nitrogens with zero attached hydrogens (tertiary/aromatic N) is 3. The number of hydrogen-bond acceptors (Lipinski definition) is 6. The minimum absolute atomic E-state index is 0.0720. The van der Waals surface area contributed by atoms with Crippen molar-refractivity contribution in [3.05, 3.63) is 91.0 Å². The standard InChI is InChI=1S/C19H14Br2N4O3/c20-15-4-1-13(2-5-15)12-28-18-7-3-14(9-17(18)21)10-23-24-19-8-6-16(11-22-19)25(26)27/h1-11H,12H2,(H,22,24)/b23-10+. The second-order valence-corrected chi connectivity index (χ2v) is 7.40. The lowest BCUT2D eigenvalue weighted by atomic mass is 10.2. The van der Waals surface area contributed by atoms with Gasteiger partial charge in [-0.05, 0) is 63.5 Å². The third-order valence-corrected chi connectivity index (χ3v) is 4.76. The SMILES string of the molecule is O=[N+]([O-])c1ccc(N/N=C/c2ccc(OCc3ccc(Br)cc3)c(Br)c2)nc1. The largest absolute Gasteiger partial charge is 0.488 e. The molecule has 0 radical (unpaired) electrons. The Morgan fingerprint density at radius 1 is 1.14 bits per heavy atom. The lowest BCUT2D eigenvalue weighted by Gasteiger charge is -2.09. The third kappa shape index (κ3) is 5.61. The van der Waals surface area contributed by atoms with E-state index in [1.54, 1.807) is 6.21 Å². The van der Waals surface area contributed by atoms with Crippen LogP contribution in [0.2, 0.25) is 0 Å². The van der Waals surface area contributed by atoms with Crippen LogP contribution in [0.15, 0.2) is 74.8 Å². The summed E-state index contributed by atoms with van der Waals surface area (Å²) in [6, 6.07) is 16.4. The third-order valence-electron chi connectivity index (χ3n) is 3.61. The predicted molar refractivity (Wildman–Crippen MR) is 115 cm³/mol. The Morgan fingerprint density at radius 3 is 2.57 bits per heavy atom. The molecule has 0 saturated carbocycles. The smallest absolute Gasteiger partial charge is 0.287 e. The Kier molecular flexibility index (Phi) is 6.72. The van der Waals surface area contributed by atoms with Gasteiger partial charge in [-0.3, -0.25) is 15.5 Å². The maximum Gasteiger partial charge on any atom is 0.287 e. The molecule has 28 heavy (non-hydrogen) atoms. The van der Waals surface area contributed by atoms with Crippen LogP contribution in [-0.2, 0) is 6.61 Å². The van der Waals surface area contributed by atoms with Gasteiger partial charge in [-0.15, -0.1) is 0 Å². The van der Waals surface area contributed by atoms with Crippen molar-refractivity contribution in [2.75, 3.05) is 5.43 Å². The number of ether oxygens (including phenoxy) is 1. The van der Waals surface area contributed by atoms with Crippen molar-refractivity contribution in [3.8, 4) is 5.75 Å². The molecule has 0 aliphatic heterocycles. The number of hydrazone groups is 1. The molecule has 2 aromatic carbocycles. The fraction of sp³-hybridized carbons (Fsp3) is 0.0526. The zero-order chi connectivity index (χ0) is 19.9. The van der Waals surface area contributed by atoms with Crippen LogP contribution in [0.1, 0.15) is 11.1 Å². The van der Waals surface area contributed by atoms with E-state index >= 15 is 0 Å². The Balaban J connectivity index is 1.57. The van der Waals surface area contributed by atoms with Gasteiger partial charge in [0.25, 0.3) is 5.69 Å². The van der Waals surface area contributed by atoms with Gasteiger partial charge in [-0.25, -0.2) is 4.98 Å². The van der Waals surface area contributed by atoms with Crippen molar-refractivity contribution >= 4 is 49.6 Å². The molecule has 0 bridgehead atoms. The van der Waals surface area contributed by atoms with Gasteiger partial charge in [0.05, 0.1) is 15.6 Å². The summed E-state index contributed by atoms with van der Waals surface area (Å²) < 4.78 is 7.67. The van der Waals surface area contributed by atoms with Gasteiger partial charge in [-0.1, -0.05) is 28.1 Å². The molecule has 0 saturated heterocycles. The van der Waals surface area contributed by atoms with E-state index in [1.165, 1.54) is 18.3 Å². The van der Waals surface area contributed by atoms with Crippen molar-refractivity contribution < 1.29 is 9.66 Å². The molecule has 0 atom stereocenters. The van der Waals surface area contributed by atoms with Crippen LogP contribution in [0.3, 0.4) is 0 Å². The van der Waals surface area contributed by atoms with Gasteiger partial charge >= 0.3 is 0 Å². The number of nitro groups is 1. The molecule has 142 valence electrons. The van der Waals surface area contributed by atoms with Crippen molar-refractivity contribution in [2.45, 2.75) is 6.61 Å². The predicted octanol–water partition coefficient (Wildman–Crippen LogP) is 5.54. The zero-order valence-electron chi connectivity index (χ0n) is 14.4. The summed E-state index contributed by atoms with van der Waals surface area (Å²) in [7, 11) is 0. The molecule has 1 aromatic heterocycles. The molecular formula is C19H14Br2N4O3. The van der Waals surface area contributed by atoms with Gasteiger partial charge in [-0.2, -0.15) is 5.10 Å². The molecule has 0 fully saturated rings. The van der Waals surface area contributed by atoms with Gasteiger partial charge in [0.2, 0.25) is 0 Å². The second-order valence-electron chi connectivity index (χ2n) is 5.63. The molecule has 1 heterocycles. The van der Waals surface area contributed by atoms with Gasteiger partial charge in [0, 0.05) is 10.5 Å². The second kappa shape index (κ2) is 9.43. The molecule has 0 spiro atoms. The molecule has 0 aliphatic rings. The monoisotopic (exact) mass is 504 g/mol. The first-order valence-electron chi connectivity index (χ1n) is 8.07. The highest BCUT2D eigenvalue weighted by Crippen LogP contribution is 2.26. The van der Waals surface area contributed by atoms with Crippen molar-refractivity contribution in [2.24, 2.45) is 5.10 Å². The van der Waals surface area contributed by atoms with E-state index in [-0.39, 0.29) is 5.69 Å². The average molecular weight is 506 g/mol. The average Bonchev–Trinajstić information content (AvgIpc) is 2.69. The molecule has 3 rings (SSSR count). The van der Waals surface area contributed by atoms with Gasteiger partial charge < -0.3 is 4.74 Å². The number of aromatic nitrogens is 1. The highest BCUT2D eigenvalue weighted by atomic mass is 79.9. The van der Waals surface area contributed by atoms with Crippen LogP contribution in [-0.4, -0.2) is 16.1 Å². The van der Waals surface area contributed by atoms with E-state index in [4.69, 9.17) is 4.74 Å². The first-order chi connectivity index (χ1) is 13.5. The topological polar surface area (TPSA) is 89.7 Å². The van der Waals surface area contributed by atoms with Crippen molar-refractivity contribution in [1.29, 1.82) is 0 Å². The van der Waals surface area contributed by atoms with E-state index in [9.17, 15) is 10.1 Å². The van der Waals surface area contributed by atoms with E-state index < -0.39 is 4.92 Å². The van der Waals surface area contributed by atoms with Crippen LogP contribution < -0.4 is 10.2 Å². The maximum atomic E-state index is 10.6. The number of pyridine rings is 1. The Labute approximate surface area is 177 Å². The maximum absolute atomic E-state index is 10.6. The van der Waals surface area contributed by atoms with E-state index in [2.05, 4.69) is 47.4 Å². The highest BCUT2D eigenvalue weighted by molar-refractivity contribution is 9.10. The van der Waals surface area contributed by atoms with E-state index in [0.717, 1.165) is 25.8 Å². The van der Waals surface area contributed by atoms with Crippen molar-refractivity contribution in [3.63, 3.8) is 0 Å². The molecule has 0 unspecified atom stereocenters. The molecule has 0 amide bonds. The Morgan fingerprint density at radius 2 is 1.93 bits per heavy atom. The summed E-state index contributed by atoms with van der Waals surface area (Å²) in [4.78, 5) is 14.0. The van der Waals surface area contributed by atoms with Crippen LogP contribution in [0.4, 0.5) is 11.5 Å². The lowest BCUT2D eigenvalue weighted by molar-refractivity contribution is -0.385. The van der Waals surface area contributed by atoms with Gasteiger partial charge in [0.15, 0.2) is 0 Å². The van der Waals surface area contributed by atoms with Gasteiger partial charge in [0.1, 0.15) is 24.4 Å². The summed E-state index contributed by atoms with van der Waals surface area (Å²) >= 11 is 6.91. The summed E-state index contributed by atoms with van der Waals surface area (Å²) in [6.07, 6.45) is 2.79. The number of nitrogens with one attached hydrogen (secondary N) is 1. The molecule has 3 aromatic rings. The Hall–Kier alpha value is -2.78. The van der Waals surface area contributed by atoms with Crippen LogP contribution in [0.25, 0.3) is 0 Å². The summed E-state index contributed by atoms with van der Waals surface area (Å²) in [5, 5.41) is 14.7. The molecular weight excluding hydrogens is 492 g/mol. The quantitative estimate of drug-likeness (QED) is 0.258. The Bertz CT molecular complexity index is 993. The molecule has 1 N–H and O–H groups in total. The van der Waals surface area contributed by atoms with E-state index in [1.807, 2.05) is 42.5 Å². The first kappa shape index (κ1) is 20.0. The number of rotatable bonds is 7. The number of hydrogen-bond donors (Lipinski definition) is 1. The normalized spacial score (nSPS) is 10.8. The highest BCUT2D eigenvalue weighted by Gasteiger charge is 2.05. The fourth-order valence-corrected chi connectivity index (χ4v) is 2.96. The minimum atomic E-state index is -0.502. The van der Waals surface area contributed by atoms with E-state index in [0.29, 0.717) is 12.4 Å². The molecule has 7 nitrogen and oxygen atoms in total. The number of anilines is 1. The zero-order valence-corrected chi connectivity index (χ0v) is 17.6. The van der Waals surface area contributed by atoms with Crippen LogP contribution in [0, 0.1) is 10.1 Å². The van der Waals surface area contributed by atoms with Crippen LogP contribution >= 0.6 is 31.9 Å². The summed E-state index contributed by atoms with van der Waals surface area (Å²) in [5.41, 5.74) is 4.57. The number of halogens is 2. The minimum Gasteiger partial charge on any atom is -0.488 e. The molecule has 9 heteroatoms. The lowest BCUT2D eigenvalue weighted by Crippen LogP contribution is -1.97. The first-order valence-corrected chi connectivity index (χ1v) is 9.66.